The summed E-state index contributed by atoms with van der Waals surface area (Å²) in [4.78, 5) is 42.4. The Hall–Kier alpha value is -5.29. The zero-order chi connectivity index (χ0) is 32.0. The van der Waals surface area contributed by atoms with Gasteiger partial charge in [0.15, 0.2) is 11.5 Å². The molecule has 236 valence electrons. The third kappa shape index (κ3) is 6.84. The van der Waals surface area contributed by atoms with Crippen molar-refractivity contribution in [2.24, 2.45) is 0 Å². The number of rotatable bonds is 9. The molecule has 0 radical (unpaired) electrons. The van der Waals surface area contributed by atoms with Gasteiger partial charge in [-0.3, -0.25) is 14.3 Å². The lowest BCUT2D eigenvalue weighted by Crippen LogP contribution is -2.48. The molecule has 0 spiro atoms. The van der Waals surface area contributed by atoms with Gasteiger partial charge < -0.3 is 20.7 Å². The minimum Gasteiger partial charge on any atom is -0.449 e. The van der Waals surface area contributed by atoms with Gasteiger partial charge in [-0.15, -0.1) is 0 Å². The van der Waals surface area contributed by atoms with Crippen molar-refractivity contribution in [3.63, 3.8) is 0 Å². The molecule has 0 atom stereocenters. The van der Waals surface area contributed by atoms with E-state index in [2.05, 4.69) is 46.4 Å². The van der Waals surface area contributed by atoms with Crippen LogP contribution in [0.4, 0.5) is 16.3 Å². The van der Waals surface area contributed by atoms with Crippen molar-refractivity contribution < 1.29 is 14.3 Å². The van der Waals surface area contributed by atoms with Crippen LogP contribution in [0, 0.1) is 0 Å². The van der Waals surface area contributed by atoms with Gasteiger partial charge in [-0.05, 0) is 60.5 Å². The maximum atomic E-state index is 12.3. The summed E-state index contributed by atoms with van der Waals surface area (Å²) in [6, 6.07) is 23.6. The number of fused-ring (bicyclic) bond motifs is 1. The SMILES string of the molecule is CCCCOC(=O)N1CCN(Cc2ccc(-n3c(-c4cccnc4N)nc4ccc(-c5cccc(NC(C)=O)c5)nc43)cc2)CC1. The number of anilines is 2. The van der Waals surface area contributed by atoms with E-state index in [-0.39, 0.29) is 12.0 Å². The fraction of sp³-hybridized carbons (Fsp3) is 0.286. The van der Waals surface area contributed by atoms with Crippen LogP contribution in [-0.4, -0.2) is 74.1 Å². The number of nitrogens with two attached hydrogens (primary N) is 1. The Morgan fingerprint density at radius 1 is 0.957 bits per heavy atom. The number of imidazole rings is 1. The Morgan fingerprint density at radius 2 is 1.76 bits per heavy atom. The van der Waals surface area contributed by atoms with E-state index in [0.717, 1.165) is 60.5 Å². The van der Waals surface area contributed by atoms with Crippen LogP contribution in [0.5, 0.6) is 0 Å². The van der Waals surface area contributed by atoms with E-state index in [1.165, 1.54) is 6.92 Å². The van der Waals surface area contributed by atoms with Crippen LogP contribution in [0.1, 0.15) is 32.3 Å². The summed E-state index contributed by atoms with van der Waals surface area (Å²) in [7, 11) is 0. The Bertz CT molecular complexity index is 1850. The molecule has 2 amide bonds. The number of carbonyl (C=O) groups is 2. The van der Waals surface area contributed by atoms with Crippen LogP contribution < -0.4 is 11.1 Å². The van der Waals surface area contributed by atoms with Gasteiger partial charge in [-0.2, -0.15) is 0 Å². The third-order valence-corrected chi connectivity index (χ3v) is 8.02. The average molecular weight is 619 g/mol. The molecular weight excluding hydrogens is 580 g/mol. The molecule has 3 aromatic heterocycles. The lowest BCUT2D eigenvalue weighted by Gasteiger charge is -2.34. The fourth-order valence-electron chi connectivity index (χ4n) is 5.60. The summed E-state index contributed by atoms with van der Waals surface area (Å²) in [5, 5.41) is 2.84. The van der Waals surface area contributed by atoms with Crippen molar-refractivity contribution >= 4 is 34.7 Å². The Kier molecular flexibility index (Phi) is 9.20. The highest BCUT2D eigenvalue weighted by atomic mass is 16.6. The van der Waals surface area contributed by atoms with Gasteiger partial charge in [0.25, 0.3) is 0 Å². The predicted molar refractivity (Wildman–Crippen MR) is 179 cm³/mol. The molecule has 11 nitrogen and oxygen atoms in total. The summed E-state index contributed by atoms with van der Waals surface area (Å²) in [5.74, 6) is 0.893. The zero-order valence-corrected chi connectivity index (χ0v) is 26.1. The molecule has 2 aromatic carbocycles. The minimum absolute atomic E-state index is 0.134. The highest BCUT2D eigenvalue weighted by Crippen LogP contribution is 2.32. The first-order chi connectivity index (χ1) is 22.4. The number of benzene rings is 2. The number of nitrogens with zero attached hydrogens (tertiary/aromatic N) is 6. The molecule has 4 heterocycles. The maximum Gasteiger partial charge on any atom is 0.409 e. The van der Waals surface area contributed by atoms with Crippen LogP contribution in [0.15, 0.2) is 79.0 Å². The van der Waals surface area contributed by atoms with E-state index in [1.54, 1.807) is 11.1 Å². The first-order valence-electron chi connectivity index (χ1n) is 15.6. The number of nitrogens with one attached hydrogen (secondary N) is 1. The number of amides is 2. The van der Waals surface area contributed by atoms with Crippen LogP contribution in [-0.2, 0) is 16.1 Å². The van der Waals surface area contributed by atoms with Gasteiger partial charge in [0.2, 0.25) is 5.91 Å². The Balaban J connectivity index is 1.27. The number of hydrogen-bond donors (Lipinski definition) is 2. The third-order valence-electron chi connectivity index (χ3n) is 8.02. The molecule has 1 aliphatic rings. The van der Waals surface area contributed by atoms with Gasteiger partial charge in [0.05, 0.1) is 17.9 Å². The zero-order valence-electron chi connectivity index (χ0n) is 26.1. The number of hydrogen-bond acceptors (Lipinski definition) is 8. The Morgan fingerprint density at radius 3 is 2.50 bits per heavy atom. The second kappa shape index (κ2) is 13.8. The quantitative estimate of drug-likeness (QED) is 0.200. The van der Waals surface area contributed by atoms with E-state index in [1.807, 2.05) is 53.1 Å². The second-order valence-electron chi connectivity index (χ2n) is 11.4. The second-order valence-corrected chi connectivity index (χ2v) is 11.4. The van der Waals surface area contributed by atoms with Gasteiger partial charge in [0, 0.05) is 62.8 Å². The summed E-state index contributed by atoms with van der Waals surface area (Å²) < 4.78 is 7.39. The largest absolute Gasteiger partial charge is 0.449 e. The van der Waals surface area contributed by atoms with Crippen LogP contribution in [0.3, 0.4) is 0 Å². The molecule has 0 bridgehead atoms. The normalized spacial score (nSPS) is 13.6. The molecule has 0 aliphatic carbocycles. The highest BCUT2D eigenvalue weighted by molar-refractivity contribution is 5.90. The highest BCUT2D eigenvalue weighted by Gasteiger charge is 2.23. The molecule has 3 N–H and O–H groups in total. The monoisotopic (exact) mass is 618 g/mol. The van der Waals surface area contributed by atoms with Crippen LogP contribution >= 0.6 is 0 Å². The van der Waals surface area contributed by atoms with E-state index < -0.39 is 0 Å². The smallest absolute Gasteiger partial charge is 0.409 e. The van der Waals surface area contributed by atoms with Gasteiger partial charge in [0.1, 0.15) is 11.3 Å². The van der Waals surface area contributed by atoms with Crippen molar-refractivity contribution in [1.82, 2.24) is 29.3 Å². The number of ether oxygens (including phenoxy) is 1. The van der Waals surface area contributed by atoms with E-state index in [9.17, 15) is 9.59 Å². The summed E-state index contributed by atoms with van der Waals surface area (Å²) in [6.45, 7) is 7.71. The lowest BCUT2D eigenvalue weighted by atomic mass is 10.1. The molecule has 6 rings (SSSR count). The van der Waals surface area contributed by atoms with Crippen molar-refractivity contribution in [3.05, 3.63) is 84.6 Å². The van der Waals surface area contributed by atoms with Gasteiger partial charge >= 0.3 is 6.09 Å². The number of unbranched alkanes of at least 4 members (excludes halogenated alkanes) is 1. The van der Waals surface area contributed by atoms with E-state index in [4.69, 9.17) is 20.4 Å². The van der Waals surface area contributed by atoms with Crippen molar-refractivity contribution in [1.29, 1.82) is 0 Å². The van der Waals surface area contributed by atoms with Crippen LogP contribution in [0.2, 0.25) is 0 Å². The molecule has 46 heavy (non-hydrogen) atoms. The first kappa shape index (κ1) is 30.7. The standard InChI is InChI=1S/C35H38N8O3/c1-3-4-21-46-35(45)42-19-17-41(18-20-42)23-25-10-12-28(13-11-25)43-33(29-9-6-16-37-32(29)36)40-31-15-14-30(39-34(31)43)26-7-5-8-27(22-26)38-24(2)44/h5-16,22H,3-4,17-21,23H2,1-2H3,(H2,36,37)(H,38,44). The molecule has 11 heteroatoms. The lowest BCUT2D eigenvalue weighted by molar-refractivity contribution is -0.114. The molecule has 0 unspecified atom stereocenters. The van der Waals surface area contributed by atoms with Crippen molar-refractivity contribution in [3.8, 4) is 28.3 Å². The average Bonchev–Trinajstić information content (AvgIpc) is 3.44. The number of piperazine rings is 1. The number of pyridine rings is 2. The maximum absolute atomic E-state index is 12.3. The number of carbonyl (C=O) groups excluding carboxylic acids is 2. The summed E-state index contributed by atoms with van der Waals surface area (Å²) in [6.07, 6.45) is 3.34. The van der Waals surface area contributed by atoms with Gasteiger partial charge in [-0.1, -0.05) is 37.6 Å². The molecule has 0 saturated carbocycles. The van der Waals surface area contributed by atoms with Crippen molar-refractivity contribution in [2.45, 2.75) is 33.2 Å². The predicted octanol–water partition coefficient (Wildman–Crippen LogP) is 5.74. The number of aromatic nitrogens is 4. The molecule has 1 fully saturated rings. The molecular formula is C35H38N8O3. The fourth-order valence-corrected chi connectivity index (χ4v) is 5.60. The first-order valence-corrected chi connectivity index (χ1v) is 15.6. The molecule has 1 aliphatic heterocycles. The van der Waals surface area contributed by atoms with Gasteiger partial charge in [-0.25, -0.2) is 19.7 Å². The van der Waals surface area contributed by atoms with Crippen molar-refractivity contribution in [2.75, 3.05) is 43.8 Å². The van der Waals surface area contributed by atoms with E-state index >= 15 is 0 Å². The van der Waals surface area contributed by atoms with Crippen LogP contribution in [0.25, 0.3) is 39.5 Å². The summed E-state index contributed by atoms with van der Waals surface area (Å²) >= 11 is 0. The number of nitrogen functional groups attached to an aromatic ring is 1. The summed E-state index contributed by atoms with van der Waals surface area (Å²) in [5.41, 5.74) is 12.8. The molecule has 1 saturated heterocycles. The van der Waals surface area contributed by atoms with E-state index in [0.29, 0.717) is 48.2 Å². The topological polar surface area (TPSA) is 132 Å². The Labute approximate surface area is 268 Å². The minimum atomic E-state index is -0.215. The molecule has 5 aromatic rings.